The first-order valence-corrected chi connectivity index (χ1v) is 8.63. The first-order valence-electron chi connectivity index (χ1n) is 6.09. The summed E-state index contributed by atoms with van der Waals surface area (Å²) >= 11 is 12.2. The van der Waals surface area contributed by atoms with E-state index in [-0.39, 0.29) is 5.38 Å². The van der Waals surface area contributed by atoms with Crippen LogP contribution in [0.3, 0.4) is 0 Å². The number of fused-ring (bicyclic) bond motifs is 1. The third kappa shape index (κ3) is 3.50. The molecule has 0 radical (unpaired) electrons. The SMILES string of the molecule is CC(Cl)c1nc2cc(Cl)ccc2n1CCCS(C)=O. The van der Waals surface area contributed by atoms with Gasteiger partial charge in [0.15, 0.2) is 0 Å². The van der Waals surface area contributed by atoms with Gasteiger partial charge in [0.05, 0.1) is 16.4 Å². The van der Waals surface area contributed by atoms with Crippen LogP contribution in [0.1, 0.15) is 24.5 Å². The van der Waals surface area contributed by atoms with Crippen molar-refractivity contribution >= 4 is 45.0 Å². The number of nitrogens with zero attached hydrogens (tertiary/aromatic N) is 2. The van der Waals surface area contributed by atoms with Crippen LogP contribution in [-0.2, 0) is 17.3 Å². The number of halogens is 2. The summed E-state index contributed by atoms with van der Waals surface area (Å²) in [5.74, 6) is 1.52. The molecule has 0 amide bonds. The second-order valence-electron chi connectivity index (χ2n) is 4.50. The number of alkyl halides is 1. The van der Waals surface area contributed by atoms with E-state index in [1.165, 1.54) is 0 Å². The largest absolute Gasteiger partial charge is 0.327 e. The molecule has 0 aliphatic rings. The van der Waals surface area contributed by atoms with E-state index < -0.39 is 10.8 Å². The lowest BCUT2D eigenvalue weighted by Gasteiger charge is -2.09. The summed E-state index contributed by atoms with van der Waals surface area (Å²) < 4.78 is 13.2. The highest BCUT2D eigenvalue weighted by molar-refractivity contribution is 7.84. The van der Waals surface area contributed by atoms with Crippen LogP contribution >= 0.6 is 23.2 Å². The lowest BCUT2D eigenvalue weighted by atomic mass is 10.3. The number of rotatable bonds is 5. The predicted octanol–water partition coefficient (Wildman–Crippen LogP) is 3.76. The first-order chi connectivity index (χ1) is 8.99. The predicted molar refractivity (Wildman–Crippen MR) is 82.6 cm³/mol. The summed E-state index contributed by atoms with van der Waals surface area (Å²) in [4.78, 5) is 4.54. The zero-order valence-electron chi connectivity index (χ0n) is 10.9. The molecule has 19 heavy (non-hydrogen) atoms. The quantitative estimate of drug-likeness (QED) is 0.787. The Bertz CT molecular complexity index is 610. The van der Waals surface area contributed by atoms with Crippen molar-refractivity contribution in [3.8, 4) is 0 Å². The Morgan fingerprint density at radius 3 is 2.84 bits per heavy atom. The second kappa shape index (κ2) is 6.25. The molecular weight excluding hydrogens is 303 g/mol. The van der Waals surface area contributed by atoms with Crippen LogP contribution in [0.4, 0.5) is 0 Å². The highest BCUT2D eigenvalue weighted by Gasteiger charge is 2.14. The third-order valence-electron chi connectivity index (χ3n) is 2.91. The lowest BCUT2D eigenvalue weighted by molar-refractivity contribution is 0.646. The van der Waals surface area contributed by atoms with Gasteiger partial charge in [-0.3, -0.25) is 4.21 Å². The minimum absolute atomic E-state index is 0.168. The van der Waals surface area contributed by atoms with Gasteiger partial charge in [0.1, 0.15) is 5.82 Å². The van der Waals surface area contributed by atoms with Crippen molar-refractivity contribution in [2.24, 2.45) is 0 Å². The van der Waals surface area contributed by atoms with Crippen LogP contribution in [-0.4, -0.2) is 25.8 Å². The van der Waals surface area contributed by atoms with Gasteiger partial charge in [0.2, 0.25) is 0 Å². The molecule has 0 aliphatic heterocycles. The maximum absolute atomic E-state index is 11.1. The highest BCUT2D eigenvalue weighted by Crippen LogP contribution is 2.26. The molecule has 3 nitrogen and oxygen atoms in total. The summed E-state index contributed by atoms with van der Waals surface area (Å²) in [6.45, 7) is 2.67. The number of benzene rings is 1. The summed E-state index contributed by atoms with van der Waals surface area (Å²) in [5, 5.41) is 0.499. The van der Waals surface area contributed by atoms with Gasteiger partial charge in [-0.15, -0.1) is 11.6 Å². The topological polar surface area (TPSA) is 34.9 Å². The summed E-state index contributed by atoms with van der Waals surface area (Å²) in [5.41, 5.74) is 1.88. The van der Waals surface area contributed by atoms with Gasteiger partial charge in [0, 0.05) is 34.4 Å². The van der Waals surface area contributed by atoms with Crippen molar-refractivity contribution in [2.45, 2.75) is 25.3 Å². The molecule has 2 aromatic rings. The van der Waals surface area contributed by atoms with E-state index >= 15 is 0 Å². The van der Waals surface area contributed by atoms with E-state index in [1.54, 1.807) is 6.26 Å². The summed E-state index contributed by atoms with van der Waals surface area (Å²) in [6.07, 6.45) is 2.56. The molecule has 2 unspecified atom stereocenters. The molecule has 0 spiro atoms. The summed E-state index contributed by atoms with van der Waals surface area (Å²) in [7, 11) is -0.770. The average molecular weight is 319 g/mol. The van der Waals surface area contributed by atoms with Crippen LogP contribution in [0.5, 0.6) is 0 Å². The minimum Gasteiger partial charge on any atom is -0.327 e. The highest BCUT2D eigenvalue weighted by atomic mass is 35.5. The monoisotopic (exact) mass is 318 g/mol. The van der Waals surface area contributed by atoms with Crippen LogP contribution in [0, 0.1) is 0 Å². The molecule has 6 heteroatoms. The maximum Gasteiger partial charge on any atom is 0.127 e. The van der Waals surface area contributed by atoms with Gasteiger partial charge in [-0.05, 0) is 31.5 Å². The van der Waals surface area contributed by atoms with Gasteiger partial charge >= 0.3 is 0 Å². The van der Waals surface area contributed by atoms with E-state index in [4.69, 9.17) is 23.2 Å². The Morgan fingerprint density at radius 2 is 2.21 bits per heavy atom. The van der Waals surface area contributed by atoms with Gasteiger partial charge in [0.25, 0.3) is 0 Å². The second-order valence-corrected chi connectivity index (χ2v) is 7.15. The fourth-order valence-electron chi connectivity index (χ4n) is 2.09. The molecule has 0 aliphatic carbocycles. The number of aromatic nitrogens is 2. The van der Waals surface area contributed by atoms with Crippen molar-refractivity contribution in [1.29, 1.82) is 0 Å². The Kier molecular flexibility index (Phi) is 4.87. The molecule has 1 heterocycles. The van der Waals surface area contributed by atoms with E-state index in [0.29, 0.717) is 10.8 Å². The van der Waals surface area contributed by atoms with E-state index in [0.717, 1.165) is 29.8 Å². The molecule has 0 saturated heterocycles. The number of aryl methyl sites for hydroxylation is 1. The Balaban J connectivity index is 2.37. The van der Waals surface area contributed by atoms with Crippen LogP contribution < -0.4 is 0 Å². The Labute approximate surface area is 125 Å². The summed E-state index contributed by atoms with van der Waals surface area (Å²) in [6, 6.07) is 5.65. The van der Waals surface area contributed by atoms with Gasteiger partial charge in [-0.25, -0.2) is 4.98 Å². The van der Waals surface area contributed by atoms with Crippen molar-refractivity contribution in [2.75, 3.05) is 12.0 Å². The van der Waals surface area contributed by atoms with Crippen molar-refractivity contribution < 1.29 is 4.21 Å². The Morgan fingerprint density at radius 1 is 1.47 bits per heavy atom. The normalized spacial score (nSPS) is 14.7. The zero-order valence-corrected chi connectivity index (χ0v) is 13.2. The maximum atomic E-state index is 11.1. The van der Waals surface area contributed by atoms with E-state index in [9.17, 15) is 4.21 Å². The molecule has 0 fully saturated rings. The van der Waals surface area contributed by atoms with Crippen molar-refractivity contribution in [3.63, 3.8) is 0 Å². The fraction of sp³-hybridized carbons (Fsp3) is 0.462. The first kappa shape index (κ1) is 14.8. The van der Waals surface area contributed by atoms with Gasteiger partial charge in [-0.1, -0.05) is 11.6 Å². The molecule has 0 N–H and O–H groups in total. The van der Waals surface area contributed by atoms with Crippen LogP contribution in [0.2, 0.25) is 5.02 Å². The number of hydrogen-bond donors (Lipinski definition) is 0. The standard InChI is InChI=1S/C13H16Cl2N2OS/c1-9(14)13-16-11-8-10(15)4-5-12(11)17(13)6-3-7-19(2)18/h4-5,8-9H,3,6-7H2,1-2H3. The molecule has 2 atom stereocenters. The smallest absolute Gasteiger partial charge is 0.127 e. The molecule has 0 bridgehead atoms. The molecule has 2 rings (SSSR count). The average Bonchev–Trinajstić information content (AvgIpc) is 2.67. The van der Waals surface area contributed by atoms with Crippen molar-refractivity contribution in [3.05, 3.63) is 29.0 Å². The van der Waals surface area contributed by atoms with Crippen LogP contribution in [0.15, 0.2) is 18.2 Å². The van der Waals surface area contributed by atoms with Gasteiger partial charge in [-0.2, -0.15) is 0 Å². The van der Waals surface area contributed by atoms with E-state index in [1.807, 2.05) is 25.1 Å². The molecule has 0 saturated carbocycles. The minimum atomic E-state index is -0.770. The molecule has 104 valence electrons. The molecule has 1 aromatic carbocycles. The zero-order chi connectivity index (χ0) is 14.0. The van der Waals surface area contributed by atoms with Crippen LogP contribution in [0.25, 0.3) is 11.0 Å². The molecular formula is C13H16Cl2N2OS. The van der Waals surface area contributed by atoms with Gasteiger partial charge < -0.3 is 4.57 Å². The fourth-order valence-corrected chi connectivity index (χ4v) is 2.95. The Hall–Kier alpha value is -0.580. The van der Waals surface area contributed by atoms with Crippen molar-refractivity contribution in [1.82, 2.24) is 9.55 Å². The lowest BCUT2D eigenvalue weighted by Crippen LogP contribution is -2.07. The molecule has 1 aromatic heterocycles. The number of imidazole rings is 1. The third-order valence-corrected chi connectivity index (χ3v) is 4.20. The van der Waals surface area contributed by atoms with E-state index in [2.05, 4.69) is 9.55 Å². The number of hydrogen-bond acceptors (Lipinski definition) is 2.